The minimum atomic E-state index is -1.41. The molecular formula is C28H34ClF3N8O3. The Morgan fingerprint density at radius 2 is 1.77 bits per heavy atom. The van der Waals surface area contributed by atoms with Crippen molar-refractivity contribution in [2.24, 2.45) is 11.7 Å². The van der Waals surface area contributed by atoms with Crippen LogP contribution in [0.3, 0.4) is 0 Å². The van der Waals surface area contributed by atoms with E-state index in [9.17, 15) is 18.4 Å². The van der Waals surface area contributed by atoms with Gasteiger partial charge in [0.05, 0.1) is 18.8 Å². The van der Waals surface area contributed by atoms with Crippen molar-refractivity contribution in [1.82, 2.24) is 24.4 Å². The molecule has 2 amide bonds. The lowest BCUT2D eigenvalue weighted by Crippen LogP contribution is -2.51. The molecule has 0 radical (unpaired) electrons. The fourth-order valence-corrected chi connectivity index (χ4v) is 5.70. The average Bonchev–Trinajstić information content (AvgIpc) is 3.28. The number of piperidine rings is 1. The zero-order valence-electron chi connectivity index (χ0n) is 24.0. The molecule has 15 heteroatoms. The minimum Gasteiger partial charge on any atom is -0.444 e. The molecule has 11 nitrogen and oxygen atoms in total. The van der Waals surface area contributed by atoms with E-state index in [1.807, 2.05) is 0 Å². The molecule has 43 heavy (non-hydrogen) atoms. The number of fused-ring (bicyclic) bond motifs is 1. The summed E-state index contributed by atoms with van der Waals surface area (Å²) >= 11 is 5.79. The lowest BCUT2D eigenvalue weighted by molar-refractivity contribution is -0.122. The molecule has 0 spiro atoms. The Labute approximate surface area is 251 Å². The van der Waals surface area contributed by atoms with Gasteiger partial charge in [-0.1, -0.05) is 11.6 Å². The highest BCUT2D eigenvalue weighted by Gasteiger charge is 2.35. The Morgan fingerprint density at radius 3 is 2.37 bits per heavy atom. The molecule has 232 valence electrons. The fraction of sp³-hybridized carbons (Fsp3) is 0.536. The monoisotopic (exact) mass is 622 g/mol. The summed E-state index contributed by atoms with van der Waals surface area (Å²) in [6.07, 6.45) is 1.89. The first kappa shape index (κ1) is 30.6. The van der Waals surface area contributed by atoms with Crippen LogP contribution in [0.1, 0.15) is 58.9 Å². The van der Waals surface area contributed by atoms with Gasteiger partial charge in [-0.25, -0.2) is 27.9 Å². The molecule has 1 aliphatic heterocycles. The Bertz CT molecular complexity index is 1500. The van der Waals surface area contributed by atoms with Gasteiger partial charge in [-0.2, -0.15) is 4.98 Å². The number of benzene rings is 1. The number of carbonyl (C=O) groups is 2. The van der Waals surface area contributed by atoms with Crippen molar-refractivity contribution in [3.05, 3.63) is 35.0 Å². The SMILES string of the molecule is CC(C)(C)OC(=O)N1CC[C@H](Nc2ncc3nc(Nc4c(F)cc(Cl)cc4F)n([C@H]4CC[C@@H](C(N)=O)CC4)c3n2)[C@H](F)C1. The number of alkyl halides is 1. The molecule has 3 aromatic rings. The molecule has 1 saturated heterocycles. The summed E-state index contributed by atoms with van der Waals surface area (Å²) in [5.74, 6) is -2.19. The topological polar surface area (TPSA) is 140 Å². The Kier molecular flexibility index (Phi) is 8.59. The predicted molar refractivity (Wildman–Crippen MR) is 155 cm³/mol. The van der Waals surface area contributed by atoms with Crippen molar-refractivity contribution in [2.75, 3.05) is 23.7 Å². The first-order valence-corrected chi connectivity index (χ1v) is 14.5. The van der Waals surface area contributed by atoms with E-state index in [1.165, 1.54) is 11.1 Å². The van der Waals surface area contributed by atoms with Gasteiger partial charge in [0, 0.05) is 23.5 Å². The van der Waals surface area contributed by atoms with E-state index in [-0.39, 0.29) is 47.9 Å². The number of ether oxygens (including phenoxy) is 1. The van der Waals surface area contributed by atoms with Gasteiger partial charge in [0.1, 0.15) is 23.0 Å². The minimum absolute atomic E-state index is 0.0940. The number of halogens is 4. The summed E-state index contributed by atoms with van der Waals surface area (Å²) < 4.78 is 51.7. The summed E-state index contributed by atoms with van der Waals surface area (Å²) in [4.78, 5) is 38.9. The van der Waals surface area contributed by atoms with Crippen LogP contribution in [0, 0.1) is 17.6 Å². The van der Waals surface area contributed by atoms with Crippen LogP contribution in [0.4, 0.5) is 35.5 Å². The highest BCUT2D eigenvalue weighted by molar-refractivity contribution is 6.30. The molecule has 1 saturated carbocycles. The highest BCUT2D eigenvalue weighted by Crippen LogP contribution is 2.38. The predicted octanol–water partition coefficient (Wildman–Crippen LogP) is 5.48. The fourth-order valence-electron chi connectivity index (χ4n) is 5.51. The molecule has 2 aromatic heterocycles. The lowest BCUT2D eigenvalue weighted by Gasteiger charge is -2.35. The molecule has 1 aliphatic carbocycles. The van der Waals surface area contributed by atoms with Crippen molar-refractivity contribution in [3.63, 3.8) is 0 Å². The van der Waals surface area contributed by atoms with Crippen LogP contribution < -0.4 is 16.4 Å². The van der Waals surface area contributed by atoms with Crippen LogP contribution >= 0.6 is 11.6 Å². The number of carbonyl (C=O) groups excluding carboxylic acids is 2. The van der Waals surface area contributed by atoms with Gasteiger partial charge in [-0.15, -0.1) is 0 Å². The van der Waals surface area contributed by atoms with Crippen molar-refractivity contribution in [1.29, 1.82) is 0 Å². The summed E-state index contributed by atoms with van der Waals surface area (Å²) in [6, 6.07) is 1.08. The highest BCUT2D eigenvalue weighted by atomic mass is 35.5. The van der Waals surface area contributed by atoms with E-state index in [4.69, 9.17) is 22.1 Å². The van der Waals surface area contributed by atoms with Crippen molar-refractivity contribution in [2.45, 2.75) is 76.7 Å². The van der Waals surface area contributed by atoms with Gasteiger partial charge in [0.25, 0.3) is 0 Å². The van der Waals surface area contributed by atoms with Gasteiger partial charge in [0.2, 0.25) is 17.8 Å². The van der Waals surface area contributed by atoms with Gasteiger partial charge in [0.15, 0.2) is 17.3 Å². The molecular weight excluding hydrogens is 589 g/mol. The molecule has 0 bridgehead atoms. The van der Waals surface area contributed by atoms with Crippen molar-refractivity contribution < 1.29 is 27.5 Å². The first-order chi connectivity index (χ1) is 20.3. The molecule has 1 aromatic carbocycles. The third kappa shape index (κ3) is 6.89. The zero-order chi connectivity index (χ0) is 31.1. The number of rotatable bonds is 6. The van der Waals surface area contributed by atoms with E-state index >= 15 is 4.39 Å². The average molecular weight is 623 g/mol. The molecule has 3 heterocycles. The molecule has 2 fully saturated rings. The number of amides is 2. The second kappa shape index (κ2) is 12.1. The smallest absolute Gasteiger partial charge is 0.410 e. The van der Waals surface area contributed by atoms with E-state index in [1.54, 1.807) is 25.3 Å². The molecule has 2 atom stereocenters. The number of hydrogen-bond donors (Lipinski definition) is 3. The molecule has 5 rings (SSSR count). The standard InChI is InChI=1S/C28H34ClF3N8O3/c1-28(2,3)43-27(42)39-9-8-20(19(32)13-39)35-25-34-12-21-24(38-25)40(16-6-4-14(5-7-16)23(33)41)26(36-21)37-22-17(30)10-15(29)11-18(22)31/h10-12,14,16,19-20H,4-9,13H2,1-3H3,(H2,33,41)(H,36,37)(H,34,35,38)/t14-,16+,19-,20+/m1/s1. The Balaban J connectivity index is 1.41. The van der Waals surface area contributed by atoms with Gasteiger partial charge < -0.3 is 26.0 Å². The van der Waals surface area contributed by atoms with Crippen LogP contribution in [0.5, 0.6) is 0 Å². The van der Waals surface area contributed by atoms with Crippen LogP contribution in [0.2, 0.25) is 5.02 Å². The van der Waals surface area contributed by atoms with E-state index in [0.717, 1.165) is 12.1 Å². The second-order valence-electron chi connectivity index (χ2n) is 12.0. The summed E-state index contributed by atoms with van der Waals surface area (Å²) in [5, 5.41) is 5.69. The maximum Gasteiger partial charge on any atom is 0.410 e. The Morgan fingerprint density at radius 1 is 1.09 bits per heavy atom. The van der Waals surface area contributed by atoms with Crippen molar-refractivity contribution in [3.8, 4) is 0 Å². The van der Waals surface area contributed by atoms with Gasteiger partial charge in [-0.3, -0.25) is 9.36 Å². The zero-order valence-corrected chi connectivity index (χ0v) is 24.8. The van der Waals surface area contributed by atoms with Gasteiger partial charge >= 0.3 is 6.09 Å². The number of nitrogens with zero attached hydrogens (tertiary/aromatic N) is 5. The molecule has 4 N–H and O–H groups in total. The number of imidazole rings is 1. The van der Waals surface area contributed by atoms with E-state index in [2.05, 4.69) is 25.6 Å². The number of primary amides is 1. The molecule has 0 unspecified atom stereocenters. The van der Waals surface area contributed by atoms with Crippen LogP contribution in [0.25, 0.3) is 11.2 Å². The first-order valence-electron chi connectivity index (χ1n) is 14.1. The molecule has 2 aliphatic rings. The maximum atomic E-state index is 15.2. The maximum absolute atomic E-state index is 15.2. The van der Waals surface area contributed by atoms with Crippen molar-refractivity contribution >= 4 is 52.3 Å². The van der Waals surface area contributed by atoms with Crippen LogP contribution in [-0.4, -0.2) is 67.3 Å². The summed E-state index contributed by atoms with van der Waals surface area (Å²) in [7, 11) is 0. The number of anilines is 3. The van der Waals surface area contributed by atoms with Crippen LogP contribution in [0.15, 0.2) is 18.3 Å². The Hall–Kier alpha value is -3.81. The number of hydrogen-bond acceptors (Lipinski definition) is 8. The normalized spacial score (nSPS) is 22.8. The van der Waals surface area contributed by atoms with E-state index in [0.29, 0.717) is 43.3 Å². The number of nitrogens with one attached hydrogen (secondary N) is 2. The number of aromatic nitrogens is 4. The van der Waals surface area contributed by atoms with Crippen LogP contribution in [-0.2, 0) is 9.53 Å². The quantitative estimate of drug-likeness (QED) is 0.328. The van der Waals surface area contributed by atoms with E-state index < -0.39 is 41.2 Å². The van der Waals surface area contributed by atoms with Gasteiger partial charge in [-0.05, 0) is 65.0 Å². The third-order valence-electron chi connectivity index (χ3n) is 7.65. The number of nitrogens with two attached hydrogens (primary N) is 1. The third-order valence-corrected chi connectivity index (χ3v) is 7.87. The summed E-state index contributed by atoms with van der Waals surface area (Å²) in [5.41, 5.74) is 5.10. The number of likely N-dealkylation sites (tertiary alicyclic amines) is 1. The lowest BCUT2D eigenvalue weighted by atomic mass is 9.85. The summed E-state index contributed by atoms with van der Waals surface area (Å²) in [6.45, 7) is 5.37. The second-order valence-corrected chi connectivity index (χ2v) is 12.4. The largest absolute Gasteiger partial charge is 0.444 e.